The zero-order valence-electron chi connectivity index (χ0n) is 14.7. The summed E-state index contributed by atoms with van der Waals surface area (Å²) in [4.78, 5) is 28.5. The Morgan fingerprint density at radius 3 is 2.96 bits per heavy atom. The lowest BCUT2D eigenvalue weighted by Gasteiger charge is -2.09. The van der Waals surface area contributed by atoms with Crippen LogP contribution in [0.25, 0.3) is 0 Å². The van der Waals surface area contributed by atoms with Gasteiger partial charge < -0.3 is 20.1 Å². The summed E-state index contributed by atoms with van der Waals surface area (Å²) in [5.74, 6) is 0.0542. The van der Waals surface area contributed by atoms with Gasteiger partial charge in [0.1, 0.15) is 11.0 Å². The number of amidine groups is 1. The SMILES string of the molecule is CCOCCCN=C1NC(=O)[C@H](CC(=O)Nc2ccc(OC)c(Cl)c2)S1. The summed E-state index contributed by atoms with van der Waals surface area (Å²) < 4.78 is 10.3. The lowest BCUT2D eigenvalue weighted by atomic mass is 10.2. The molecular weight excluding hydrogens is 378 g/mol. The highest BCUT2D eigenvalue weighted by Gasteiger charge is 2.31. The van der Waals surface area contributed by atoms with Gasteiger partial charge in [0, 0.05) is 31.9 Å². The van der Waals surface area contributed by atoms with Gasteiger partial charge in [-0.05, 0) is 31.5 Å². The number of hydrogen-bond acceptors (Lipinski definition) is 6. The van der Waals surface area contributed by atoms with Crippen LogP contribution < -0.4 is 15.4 Å². The van der Waals surface area contributed by atoms with Crippen LogP contribution in [0.15, 0.2) is 23.2 Å². The van der Waals surface area contributed by atoms with Gasteiger partial charge in [-0.15, -0.1) is 0 Å². The molecule has 1 fully saturated rings. The van der Waals surface area contributed by atoms with Crippen molar-refractivity contribution < 1.29 is 19.1 Å². The number of anilines is 1. The second-order valence-corrected chi connectivity index (χ2v) is 7.03. The van der Waals surface area contributed by atoms with Gasteiger partial charge in [-0.2, -0.15) is 0 Å². The van der Waals surface area contributed by atoms with Crippen molar-refractivity contribution in [2.75, 3.05) is 32.2 Å². The van der Waals surface area contributed by atoms with E-state index >= 15 is 0 Å². The summed E-state index contributed by atoms with van der Waals surface area (Å²) in [7, 11) is 1.52. The van der Waals surface area contributed by atoms with Crippen LogP contribution in [0.1, 0.15) is 19.8 Å². The smallest absolute Gasteiger partial charge is 0.240 e. The minimum absolute atomic E-state index is 0.0537. The number of methoxy groups -OCH3 is 1. The molecule has 0 saturated carbocycles. The van der Waals surface area contributed by atoms with Crippen LogP contribution in [-0.2, 0) is 14.3 Å². The zero-order valence-corrected chi connectivity index (χ0v) is 16.3. The van der Waals surface area contributed by atoms with E-state index in [-0.39, 0.29) is 18.2 Å². The van der Waals surface area contributed by atoms with Crippen molar-refractivity contribution in [3.8, 4) is 5.75 Å². The molecule has 2 amide bonds. The van der Waals surface area contributed by atoms with Crippen LogP contribution in [0.2, 0.25) is 5.02 Å². The third-order valence-corrected chi connectivity index (χ3v) is 4.90. The molecule has 1 aliphatic rings. The molecule has 0 aromatic heterocycles. The molecule has 1 aromatic rings. The van der Waals surface area contributed by atoms with Gasteiger partial charge in [0.2, 0.25) is 11.8 Å². The van der Waals surface area contributed by atoms with Crippen molar-refractivity contribution in [3.63, 3.8) is 0 Å². The number of nitrogens with zero attached hydrogens (tertiary/aromatic N) is 1. The number of amides is 2. The van der Waals surface area contributed by atoms with Gasteiger partial charge in [-0.25, -0.2) is 0 Å². The number of carbonyl (C=O) groups is 2. The summed E-state index contributed by atoms with van der Waals surface area (Å²) in [5, 5.41) is 5.90. The highest BCUT2D eigenvalue weighted by atomic mass is 35.5. The molecule has 1 aliphatic heterocycles. The monoisotopic (exact) mass is 399 g/mol. The number of hydrogen-bond donors (Lipinski definition) is 2. The first kappa shape index (κ1) is 20.5. The number of halogens is 1. The van der Waals surface area contributed by atoms with E-state index in [1.165, 1.54) is 18.9 Å². The number of ether oxygens (including phenoxy) is 2. The first-order valence-electron chi connectivity index (χ1n) is 8.26. The molecule has 2 rings (SSSR count). The molecule has 9 heteroatoms. The fourth-order valence-electron chi connectivity index (χ4n) is 2.23. The largest absolute Gasteiger partial charge is 0.495 e. The second kappa shape index (κ2) is 10.4. The first-order chi connectivity index (χ1) is 12.5. The fraction of sp³-hybridized carbons (Fsp3) is 0.471. The lowest BCUT2D eigenvalue weighted by molar-refractivity contribution is -0.122. The van der Waals surface area contributed by atoms with Crippen LogP contribution in [0.4, 0.5) is 5.69 Å². The number of benzene rings is 1. The van der Waals surface area contributed by atoms with Crippen LogP contribution in [-0.4, -0.2) is 49.1 Å². The second-order valence-electron chi connectivity index (χ2n) is 5.43. The van der Waals surface area contributed by atoms with E-state index in [1.54, 1.807) is 18.2 Å². The Morgan fingerprint density at radius 1 is 1.46 bits per heavy atom. The Kier molecular flexibility index (Phi) is 8.21. The van der Waals surface area contributed by atoms with Crippen LogP contribution in [0.3, 0.4) is 0 Å². The molecule has 1 heterocycles. The third-order valence-electron chi connectivity index (χ3n) is 3.49. The Balaban J connectivity index is 1.82. The number of aliphatic imine (C=N–C) groups is 1. The Labute approximate surface area is 161 Å². The molecule has 142 valence electrons. The first-order valence-corrected chi connectivity index (χ1v) is 9.52. The third kappa shape index (κ3) is 6.19. The topological polar surface area (TPSA) is 89.0 Å². The van der Waals surface area contributed by atoms with E-state index < -0.39 is 5.25 Å². The van der Waals surface area contributed by atoms with E-state index in [0.717, 1.165) is 6.42 Å². The predicted octanol–water partition coefficient (Wildman–Crippen LogP) is 2.69. The van der Waals surface area contributed by atoms with Crippen LogP contribution in [0, 0.1) is 0 Å². The average molecular weight is 400 g/mol. The van der Waals surface area contributed by atoms with E-state index in [2.05, 4.69) is 15.6 Å². The Hall–Kier alpha value is -1.77. The Morgan fingerprint density at radius 2 is 2.27 bits per heavy atom. The molecule has 0 radical (unpaired) electrons. The molecule has 1 aromatic carbocycles. The summed E-state index contributed by atoms with van der Waals surface area (Å²) in [6.07, 6.45) is 0.843. The Bertz CT molecular complexity index is 684. The molecule has 7 nitrogen and oxygen atoms in total. The zero-order chi connectivity index (χ0) is 18.9. The lowest BCUT2D eigenvalue weighted by Crippen LogP contribution is -2.28. The normalized spacial score (nSPS) is 18.0. The summed E-state index contributed by atoms with van der Waals surface area (Å²) >= 11 is 7.31. The van der Waals surface area contributed by atoms with Gasteiger partial charge >= 0.3 is 0 Å². The summed E-state index contributed by atoms with van der Waals surface area (Å²) in [5.41, 5.74) is 0.550. The van der Waals surface area contributed by atoms with Gasteiger partial charge in [0.05, 0.1) is 12.1 Å². The van der Waals surface area contributed by atoms with E-state index in [9.17, 15) is 9.59 Å². The number of carbonyl (C=O) groups excluding carboxylic acids is 2. The van der Waals surface area contributed by atoms with E-state index in [1.807, 2.05) is 6.92 Å². The quantitative estimate of drug-likeness (QED) is 0.623. The van der Waals surface area contributed by atoms with Crippen molar-refractivity contribution in [1.82, 2.24) is 5.32 Å². The van der Waals surface area contributed by atoms with Crippen molar-refractivity contribution >= 4 is 46.0 Å². The standard InChI is InChI=1S/C17H22ClN3O4S/c1-3-25-8-4-7-19-17-21-16(23)14(26-17)10-15(22)20-11-5-6-13(24-2)12(18)9-11/h5-6,9,14H,3-4,7-8,10H2,1-2H3,(H,20,22)(H,19,21,23)/t14-/m0/s1. The number of thioether (sulfide) groups is 1. The average Bonchev–Trinajstić information content (AvgIpc) is 2.94. The van der Waals surface area contributed by atoms with E-state index in [4.69, 9.17) is 21.1 Å². The molecule has 2 N–H and O–H groups in total. The van der Waals surface area contributed by atoms with Gasteiger partial charge in [-0.1, -0.05) is 23.4 Å². The fourth-order valence-corrected chi connectivity index (χ4v) is 3.48. The minimum atomic E-state index is -0.491. The molecule has 26 heavy (non-hydrogen) atoms. The maximum absolute atomic E-state index is 12.2. The van der Waals surface area contributed by atoms with Crippen LogP contribution >= 0.6 is 23.4 Å². The molecule has 1 atom stereocenters. The molecule has 0 unspecified atom stereocenters. The predicted molar refractivity (Wildman–Crippen MR) is 104 cm³/mol. The molecule has 0 spiro atoms. The number of nitrogens with one attached hydrogen (secondary N) is 2. The highest BCUT2D eigenvalue weighted by Crippen LogP contribution is 2.28. The molecular formula is C17H22ClN3O4S. The van der Waals surface area contributed by atoms with Gasteiger partial charge in [-0.3, -0.25) is 14.6 Å². The maximum Gasteiger partial charge on any atom is 0.240 e. The van der Waals surface area contributed by atoms with Crippen molar-refractivity contribution in [2.45, 2.75) is 25.0 Å². The van der Waals surface area contributed by atoms with Gasteiger partial charge in [0.15, 0.2) is 5.17 Å². The molecule has 1 saturated heterocycles. The van der Waals surface area contributed by atoms with E-state index in [0.29, 0.717) is 41.4 Å². The summed E-state index contributed by atoms with van der Waals surface area (Å²) in [6.45, 7) is 3.83. The molecule has 0 aliphatic carbocycles. The van der Waals surface area contributed by atoms with Crippen molar-refractivity contribution in [1.29, 1.82) is 0 Å². The number of rotatable bonds is 9. The van der Waals surface area contributed by atoms with Gasteiger partial charge in [0.25, 0.3) is 0 Å². The minimum Gasteiger partial charge on any atom is -0.495 e. The highest BCUT2D eigenvalue weighted by molar-refractivity contribution is 8.15. The van der Waals surface area contributed by atoms with Crippen LogP contribution in [0.5, 0.6) is 5.75 Å². The van der Waals surface area contributed by atoms with Crippen molar-refractivity contribution in [3.05, 3.63) is 23.2 Å². The van der Waals surface area contributed by atoms with Crippen molar-refractivity contribution in [2.24, 2.45) is 4.99 Å². The maximum atomic E-state index is 12.2. The molecule has 0 bridgehead atoms. The summed E-state index contributed by atoms with van der Waals surface area (Å²) in [6, 6.07) is 4.96.